The molecule has 0 unspecified atom stereocenters. The number of urea groups is 1. The van der Waals surface area contributed by atoms with Gasteiger partial charge in [0.05, 0.1) is 18.5 Å². The van der Waals surface area contributed by atoms with Gasteiger partial charge in [0.25, 0.3) is 0 Å². The number of carbonyl (C=O) groups is 1. The molecule has 2 aromatic rings. The first kappa shape index (κ1) is 16.5. The third kappa shape index (κ3) is 2.76. The molecule has 3 rings (SSSR count). The predicted molar refractivity (Wildman–Crippen MR) is 102 cm³/mol. The minimum absolute atomic E-state index is 0.00252. The molecule has 1 N–H and O–H groups in total. The zero-order chi connectivity index (χ0) is 17.3. The molecular weight excluding hydrogens is 342 g/mol. The van der Waals surface area contributed by atoms with E-state index in [0.717, 1.165) is 4.90 Å². The number of thioether (sulfide) groups is 1. The highest BCUT2D eigenvalue weighted by atomic mass is 32.2. The largest absolute Gasteiger partial charge is 0.497 e. The Morgan fingerprint density at radius 1 is 1.00 bits per heavy atom. The molecule has 1 aliphatic rings. The van der Waals surface area contributed by atoms with Crippen LogP contribution in [0, 0.1) is 5.41 Å². The van der Waals surface area contributed by atoms with Crippen LogP contribution in [0.3, 0.4) is 0 Å². The average Bonchev–Trinajstić information content (AvgIpc) is 2.84. The summed E-state index contributed by atoms with van der Waals surface area (Å²) in [6.07, 6.45) is 1.98. The molecule has 0 saturated carbocycles. The number of methoxy groups -OCH3 is 1. The van der Waals surface area contributed by atoms with Crippen molar-refractivity contribution in [2.45, 2.75) is 4.90 Å². The van der Waals surface area contributed by atoms with Crippen LogP contribution in [0.2, 0.25) is 0 Å². The summed E-state index contributed by atoms with van der Waals surface area (Å²) < 4.78 is 5.13. The fourth-order valence-corrected chi connectivity index (χ4v) is 3.10. The molecule has 1 aliphatic heterocycles. The van der Waals surface area contributed by atoms with E-state index in [0.29, 0.717) is 17.1 Å². The summed E-state index contributed by atoms with van der Waals surface area (Å²) in [6.45, 7) is 0. The number of hydrogen-bond donors (Lipinski definition) is 1. The molecule has 0 aromatic heterocycles. The Bertz CT molecular complexity index is 736. The van der Waals surface area contributed by atoms with Gasteiger partial charge in [0, 0.05) is 4.90 Å². The number of benzene rings is 2. The zero-order valence-corrected chi connectivity index (χ0v) is 14.8. The van der Waals surface area contributed by atoms with E-state index in [-0.39, 0.29) is 16.9 Å². The van der Waals surface area contributed by atoms with Gasteiger partial charge in [-0.3, -0.25) is 5.41 Å². The van der Waals surface area contributed by atoms with E-state index in [1.807, 2.05) is 30.5 Å². The maximum absolute atomic E-state index is 12.8. The van der Waals surface area contributed by atoms with Gasteiger partial charge in [0.15, 0.2) is 10.8 Å². The molecule has 0 atom stereocenters. The number of amides is 2. The van der Waals surface area contributed by atoms with Crippen molar-refractivity contribution in [3.63, 3.8) is 0 Å². The van der Waals surface area contributed by atoms with E-state index in [1.54, 1.807) is 43.1 Å². The molecular formula is C17H15N3O2S2. The predicted octanol–water partition coefficient (Wildman–Crippen LogP) is 4.17. The van der Waals surface area contributed by atoms with E-state index in [9.17, 15) is 4.79 Å². The van der Waals surface area contributed by atoms with Gasteiger partial charge in [-0.25, -0.2) is 14.6 Å². The standard InChI is InChI=1S/C17H15N3O2S2/c1-22-13-7-3-12(4-8-13)20-16(23)15(18)19(17(20)21)11-5-9-14(24-2)10-6-11/h3-10,18H,1-2H3. The highest BCUT2D eigenvalue weighted by Gasteiger charge is 2.40. The summed E-state index contributed by atoms with van der Waals surface area (Å²) in [5, 5.41) is 8.23. The number of amidine groups is 1. The highest BCUT2D eigenvalue weighted by molar-refractivity contribution is 7.98. The Labute approximate surface area is 149 Å². The fraction of sp³-hybridized carbons (Fsp3) is 0.118. The lowest BCUT2D eigenvalue weighted by Crippen LogP contribution is -2.33. The van der Waals surface area contributed by atoms with Gasteiger partial charge in [-0.2, -0.15) is 0 Å². The van der Waals surface area contributed by atoms with Crippen LogP contribution >= 0.6 is 24.0 Å². The van der Waals surface area contributed by atoms with Gasteiger partial charge < -0.3 is 4.74 Å². The lowest BCUT2D eigenvalue weighted by Gasteiger charge is -2.17. The summed E-state index contributed by atoms with van der Waals surface area (Å²) in [5.41, 5.74) is 1.24. The van der Waals surface area contributed by atoms with Crippen LogP contribution in [0.15, 0.2) is 53.4 Å². The van der Waals surface area contributed by atoms with Crippen LogP contribution in [0.25, 0.3) is 0 Å². The van der Waals surface area contributed by atoms with Crippen molar-refractivity contribution < 1.29 is 9.53 Å². The van der Waals surface area contributed by atoms with Gasteiger partial charge in [0.2, 0.25) is 0 Å². The molecule has 2 amide bonds. The summed E-state index contributed by atoms with van der Waals surface area (Å²) >= 11 is 6.93. The summed E-state index contributed by atoms with van der Waals surface area (Å²) in [6, 6.07) is 14.1. The van der Waals surface area contributed by atoms with Crippen LogP contribution in [0.4, 0.5) is 16.2 Å². The molecule has 1 heterocycles. The molecule has 5 nitrogen and oxygen atoms in total. The van der Waals surface area contributed by atoms with Gasteiger partial charge in [0.1, 0.15) is 5.75 Å². The van der Waals surface area contributed by atoms with Crippen LogP contribution in [0.5, 0.6) is 5.75 Å². The smallest absolute Gasteiger partial charge is 0.340 e. The topological polar surface area (TPSA) is 56.6 Å². The van der Waals surface area contributed by atoms with Crippen LogP contribution in [-0.4, -0.2) is 30.2 Å². The fourth-order valence-electron chi connectivity index (χ4n) is 2.41. The Hall–Kier alpha value is -2.38. The first-order valence-corrected chi connectivity index (χ1v) is 8.75. The number of carbonyl (C=O) groups excluding carboxylic acids is 1. The lowest BCUT2D eigenvalue weighted by molar-refractivity contribution is 0.257. The van der Waals surface area contributed by atoms with Crippen LogP contribution in [-0.2, 0) is 0 Å². The Morgan fingerprint density at radius 2 is 1.54 bits per heavy atom. The van der Waals surface area contributed by atoms with Crippen molar-refractivity contribution in [2.75, 3.05) is 23.2 Å². The molecule has 1 fully saturated rings. The van der Waals surface area contributed by atoms with Crippen molar-refractivity contribution >= 4 is 52.2 Å². The number of thiocarbonyl (C=S) groups is 1. The first-order valence-electron chi connectivity index (χ1n) is 7.12. The number of ether oxygens (including phenoxy) is 1. The molecule has 122 valence electrons. The van der Waals surface area contributed by atoms with Gasteiger partial charge in [-0.05, 0) is 54.8 Å². The molecule has 2 aromatic carbocycles. The van der Waals surface area contributed by atoms with Crippen molar-refractivity contribution in [1.82, 2.24) is 0 Å². The second-order valence-electron chi connectivity index (χ2n) is 5.00. The average molecular weight is 357 g/mol. The maximum atomic E-state index is 12.8. The monoisotopic (exact) mass is 357 g/mol. The van der Waals surface area contributed by atoms with E-state index in [2.05, 4.69) is 0 Å². The minimum atomic E-state index is -0.355. The Balaban J connectivity index is 1.94. The van der Waals surface area contributed by atoms with Crippen LogP contribution in [0.1, 0.15) is 0 Å². The molecule has 0 bridgehead atoms. The van der Waals surface area contributed by atoms with Gasteiger partial charge >= 0.3 is 6.03 Å². The number of nitrogens with zero attached hydrogens (tertiary/aromatic N) is 2. The van der Waals surface area contributed by atoms with Crippen molar-refractivity contribution in [2.24, 2.45) is 0 Å². The van der Waals surface area contributed by atoms with Gasteiger partial charge in [-0.1, -0.05) is 12.2 Å². The quantitative estimate of drug-likeness (QED) is 0.659. The number of nitrogens with one attached hydrogen (secondary N) is 1. The number of hydrogen-bond acceptors (Lipinski definition) is 5. The SMILES string of the molecule is COc1ccc(N2C(=O)N(c3ccc(SC)cc3)C(=N)C2=S)cc1. The summed E-state index contributed by atoms with van der Waals surface area (Å²) in [5.74, 6) is 0.693. The van der Waals surface area contributed by atoms with E-state index in [1.165, 1.54) is 9.80 Å². The zero-order valence-electron chi connectivity index (χ0n) is 13.1. The maximum Gasteiger partial charge on any atom is 0.340 e. The first-order chi connectivity index (χ1) is 11.6. The van der Waals surface area contributed by atoms with E-state index in [4.69, 9.17) is 22.4 Å². The van der Waals surface area contributed by atoms with Crippen LogP contribution < -0.4 is 14.5 Å². The molecule has 1 saturated heterocycles. The molecule has 0 spiro atoms. The van der Waals surface area contributed by atoms with Crippen molar-refractivity contribution in [3.8, 4) is 5.75 Å². The summed E-state index contributed by atoms with van der Waals surface area (Å²) in [4.78, 5) is 16.8. The van der Waals surface area contributed by atoms with E-state index >= 15 is 0 Å². The summed E-state index contributed by atoms with van der Waals surface area (Å²) in [7, 11) is 1.58. The third-order valence-electron chi connectivity index (χ3n) is 3.67. The number of anilines is 2. The Morgan fingerprint density at radius 3 is 2.08 bits per heavy atom. The third-order valence-corrected chi connectivity index (χ3v) is 4.79. The van der Waals surface area contributed by atoms with Crippen molar-refractivity contribution in [3.05, 3.63) is 48.5 Å². The molecule has 0 radical (unpaired) electrons. The highest BCUT2D eigenvalue weighted by Crippen LogP contribution is 2.30. The second kappa shape index (κ2) is 6.62. The molecule has 24 heavy (non-hydrogen) atoms. The lowest BCUT2D eigenvalue weighted by atomic mass is 10.3. The van der Waals surface area contributed by atoms with Gasteiger partial charge in [-0.15, -0.1) is 11.8 Å². The second-order valence-corrected chi connectivity index (χ2v) is 6.27. The minimum Gasteiger partial charge on any atom is -0.497 e. The Kier molecular flexibility index (Phi) is 4.55. The number of rotatable bonds is 4. The normalized spacial score (nSPS) is 14.5. The molecule has 7 heteroatoms. The molecule has 0 aliphatic carbocycles. The van der Waals surface area contributed by atoms with E-state index < -0.39 is 0 Å². The van der Waals surface area contributed by atoms with Crippen molar-refractivity contribution in [1.29, 1.82) is 5.41 Å².